The molecule has 1 heterocycles. The molecule has 0 radical (unpaired) electrons. The zero-order valence-corrected chi connectivity index (χ0v) is 13.5. The van der Waals surface area contributed by atoms with Gasteiger partial charge in [0.15, 0.2) is 0 Å². The molecule has 2 amide bonds. The van der Waals surface area contributed by atoms with Crippen molar-refractivity contribution >= 4 is 11.8 Å². The summed E-state index contributed by atoms with van der Waals surface area (Å²) in [5, 5.41) is 0. The van der Waals surface area contributed by atoms with Crippen LogP contribution in [0.2, 0.25) is 0 Å². The molecule has 2 rings (SSSR count). The van der Waals surface area contributed by atoms with Crippen LogP contribution >= 0.6 is 0 Å². The van der Waals surface area contributed by atoms with E-state index in [1.807, 2.05) is 32.9 Å². The second-order valence-corrected chi connectivity index (χ2v) is 6.69. The summed E-state index contributed by atoms with van der Waals surface area (Å²) in [5.74, 6) is -0.0559. The summed E-state index contributed by atoms with van der Waals surface area (Å²) in [6.07, 6.45) is 0.701. The molecule has 0 saturated heterocycles. The molecular formula is C17H24N2O2. The van der Waals surface area contributed by atoms with Gasteiger partial charge in [-0.1, -0.05) is 26.0 Å². The van der Waals surface area contributed by atoms with Crippen LogP contribution in [-0.2, 0) is 0 Å². The quantitative estimate of drug-likeness (QED) is 0.866. The number of nitrogens with zero attached hydrogens (tertiary/aromatic N) is 1. The molecule has 21 heavy (non-hydrogen) atoms. The van der Waals surface area contributed by atoms with E-state index in [1.165, 1.54) is 4.90 Å². The van der Waals surface area contributed by atoms with E-state index in [4.69, 9.17) is 5.73 Å². The Balaban J connectivity index is 2.56. The molecule has 4 nitrogen and oxygen atoms in total. The highest BCUT2D eigenvalue weighted by Gasteiger charge is 2.47. The van der Waals surface area contributed by atoms with Crippen LogP contribution in [0.1, 0.15) is 59.0 Å². The molecule has 2 N–H and O–H groups in total. The monoisotopic (exact) mass is 288 g/mol. The van der Waals surface area contributed by atoms with Gasteiger partial charge in [0, 0.05) is 6.54 Å². The number of benzene rings is 1. The summed E-state index contributed by atoms with van der Waals surface area (Å²) in [4.78, 5) is 27.0. The van der Waals surface area contributed by atoms with Gasteiger partial charge in [-0.15, -0.1) is 0 Å². The van der Waals surface area contributed by atoms with Crippen LogP contribution in [0.25, 0.3) is 0 Å². The number of carbonyl (C=O) groups excluding carboxylic acids is 2. The summed E-state index contributed by atoms with van der Waals surface area (Å²) in [6, 6.07) is 3.79. The third-order valence-corrected chi connectivity index (χ3v) is 4.28. The third-order valence-electron chi connectivity index (χ3n) is 4.28. The smallest absolute Gasteiger partial charge is 0.262 e. The van der Waals surface area contributed by atoms with Crippen molar-refractivity contribution < 1.29 is 9.59 Å². The van der Waals surface area contributed by atoms with Crippen LogP contribution in [0.3, 0.4) is 0 Å². The van der Waals surface area contributed by atoms with Crippen molar-refractivity contribution in [2.24, 2.45) is 11.7 Å². The Bertz CT molecular complexity index is 566. The van der Waals surface area contributed by atoms with Gasteiger partial charge < -0.3 is 5.73 Å². The molecule has 1 aromatic rings. The Hall–Kier alpha value is -1.68. The van der Waals surface area contributed by atoms with E-state index in [1.54, 1.807) is 0 Å². The van der Waals surface area contributed by atoms with Crippen LogP contribution in [0.15, 0.2) is 12.1 Å². The first-order valence-electron chi connectivity index (χ1n) is 7.42. The van der Waals surface area contributed by atoms with Gasteiger partial charge in [-0.3, -0.25) is 14.5 Å². The highest BCUT2D eigenvalue weighted by molar-refractivity contribution is 6.23. The molecule has 0 aromatic heterocycles. The number of rotatable bonds is 4. The summed E-state index contributed by atoms with van der Waals surface area (Å²) in [6.45, 7) is 10.1. The Labute approximate surface area is 126 Å². The second kappa shape index (κ2) is 5.26. The van der Waals surface area contributed by atoms with Gasteiger partial charge in [0.2, 0.25) is 0 Å². The molecule has 0 bridgehead atoms. The maximum Gasteiger partial charge on any atom is 0.262 e. The average molecular weight is 288 g/mol. The minimum Gasteiger partial charge on any atom is -0.328 e. The molecule has 1 aliphatic rings. The lowest BCUT2D eigenvalue weighted by molar-refractivity contribution is 0.0426. The first-order chi connectivity index (χ1) is 9.73. The molecule has 4 heteroatoms. The normalized spacial score (nSPS) is 17.4. The zero-order valence-electron chi connectivity index (χ0n) is 13.5. The summed E-state index contributed by atoms with van der Waals surface area (Å²) in [7, 11) is 0. The van der Waals surface area contributed by atoms with Gasteiger partial charge >= 0.3 is 0 Å². The fourth-order valence-electron chi connectivity index (χ4n) is 3.31. The fraction of sp³-hybridized carbons (Fsp3) is 0.529. The largest absolute Gasteiger partial charge is 0.328 e. The number of hydrogen-bond donors (Lipinski definition) is 1. The van der Waals surface area contributed by atoms with Crippen LogP contribution in [0.5, 0.6) is 0 Å². The molecule has 0 spiro atoms. The van der Waals surface area contributed by atoms with Crippen molar-refractivity contribution in [3.05, 3.63) is 34.4 Å². The molecule has 114 valence electrons. The Kier molecular flexibility index (Phi) is 3.93. The highest BCUT2D eigenvalue weighted by atomic mass is 16.2. The van der Waals surface area contributed by atoms with Crippen molar-refractivity contribution in [1.29, 1.82) is 0 Å². The van der Waals surface area contributed by atoms with E-state index in [-0.39, 0.29) is 18.4 Å². The van der Waals surface area contributed by atoms with Crippen molar-refractivity contribution in [2.45, 2.75) is 46.6 Å². The van der Waals surface area contributed by atoms with E-state index < -0.39 is 5.54 Å². The van der Waals surface area contributed by atoms with Gasteiger partial charge in [-0.2, -0.15) is 0 Å². The topological polar surface area (TPSA) is 63.4 Å². The van der Waals surface area contributed by atoms with Gasteiger partial charge in [0.25, 0.3) is 11.8 Å². The number of nitrogens with two attached hydrogens (primary N) is 1. The van der Waals surface area contributed by atoms with Gasteiger partial charge in [-0.05, 0) is 44.2 Å². The standard InChI is InChI=1S/C17H24N2O2/c1-10(2)8-17(5,9-18)19-15(20)13-11(3)6-7-12(4)14(13)16(19)21/h6-7,10H,8-9,18H2,1-5H3. The summed E-state index contributed by atoms with van der Waals surface area (Å²) in [5.41, 5.74) is 8.07. The molecule has 0 fully saturated rings. The van der Waals surface area contributed by atoms with E-state index in [0.717, 1.165) is 11.1 Å². The number of carbonyl (C=O) groups is 2. The fourth-order valence-corrected chi connectivity index (χ4v) is 3.31. The Morgan fingerprint density at radius 3 is 1.86 bits per heavy atom. The number of fused-ring (bicyclic) bond motifs is 1. The number of aryl methyl sites for hydroxylation is 2. The minimum atomic E-state index is -0.639. The minimum absolute atomic E-state index is 0.204. The van der Waals surface area contributed by atoms with Crippen LogP contribution in [0, 0.1) is 19.8 Å². The van der Waals surface area contributed by atoms with Crippen LogP contribution < -0.4 is 5.73 Å². The molecule has 1 aromatic carbocycles. The first kappa shape index (κ1) is 15.7. The predicted octanol–water partition coefficient (Wildman–Crippen LogP) is 2.66. The summed E-state index contributed by atoms with van der Waals surface area (Å²) >= 11 is 0. The Morgan fingerprint density at radius 1 is 1.10 bits per heavy atom. The van der Waals surface area contributed by atoms with Crippen LogP contribution in [-0.4, -0.2) is 28.8 Å². The lowest BCUT2D eigenvalue weighted by Gasteiger charge is -2.37. The zero-order chi connectivity index (χ0) is 15.9. The SMILES string of the molecule is Cc1ccc(C)c2c1C(=O)N(C(C)(CN)CC(C)C)C2=O. The third kappa shape index (κ3) is 2.38. The van der Waals surface area contributed by atoms with Crippen LogP contribution in [0.4, 0.5) is 0 Å². The summed E-state index contributed by atoms with van der Waals surface area (Å²) < 4.78 is 0. The van der Waals surface area contributed by atoms with Crippen molar-refractivity contribution in [3.63, 3.8) is 0 Å². The molecular weight excluding hydrogens is 264 g/mol. The van der Waals surface area contributed by atoms with E-state index in [2.05, 4.69) is 13.8 Å². The average Bonchev–Trinajstić information content (AvgIpc) is 2.66. The maximum absolute atomic E-state index is 12.8. The predicted molar refractivity (Wildman–Crippen MR) is 83.3 cm³/mol. The van der Waals surface area contributed by atoms with E-state index in [0.29, 0.717) is 23.5 Å². The maximum atomic E-state index is 12.8. The van der Waals surface area contributed by atoms with Crippen molar-refractivity contribution in [1.82, 2.24) is 4.90 Å². The van der Waals surface area contributed by atoms with Crippen molar-refractivity contribution in [3.8, 4) is 0 Å². The van der Waals surface area contributed by atoms with Gasteiger partial charge in [0.1, 0.15) is 0 Å². The number of hydrogen-bond acceptors (Lipinski definition) is 3. The second-order valence-electron chi connectivity index (χ2n) is 6.69. The van der Waals surface area contributed by atoms with Gasteiger partial charge in [-0.25, -0.2) is 0 Å². The lowest BCUT2D eigenvalue weighted by Crippen LogP contribution is -2.55. The lowest BCUT2D eigenvalue weighted by atomic mass is 9.89. The molecule has 1 unspecified atom stereocenters. The first-order valence-corrected chi connectivity index (χ1v) is 7.42. The van der Waals surface area contributed by atoms with E-state index in [9.17, 15) is 9.59 Å². The molecule has 1 aliphatic heterocycles. The number of amides is 2. The molecule has 0 aliphatic carbocycles. The highest BCUT2D eigenvalue weighted by Crippen LogP contribution is 2.35. The van der Waals surface area contributed by atoms with Crippen molar-refractivity contribution in [2.75, 3.05) is 6.54 Å². The number of imide groups is 1. The van der Waals surface area contributed by atoms with Gasteiger partial charge in [0.05, 0.1) is 16.7 Å². The Morgan fingerprint density at radius 2 is 1.52 bits per heavy atom. The van der Waals surface area contributed by atoms with E-state index >= 15 is 0 Å². The molecule has 0 saturated carbocycles. The molecule has 1 atom stereocenters.